The molecule has 2 N–H and O–H groups in total. The maximum atomic E-state index is 12.3. The van der Waals surface area contributed by atoms with Crippen LogP contribution in [0.15, 0.2) is 36.4 Å². The molecule has 1 aromatic carbocycles. The lowest BCUT2D eigenvalue weighted by molar-refractivity contribution is 0.0918. The molecule has 1 aromatic heterocycles. The molecule has 0 saturated heterocycles. The van der Waals surface area contributed by atoms with Gasteiger partial charge >= 0.3 is 0 Å². The summed E-state index contributed by atoms with van der Waals surface area (Å²) in [5.41, 5.74) is 0.855. The highest BCUT2D eigenvalue weighted by molar-refractivity contribution is 7.14. The molecule has 0 spiro atoms. The Labute approximate surface area is 134 Å². The maximum Gasteiger partial charge on any atom is 0.265 e. The van der Waals surface area contributed by atoms with E-state index in [0.717, 1.165) is 10.4 Å². The molecule has 0 saturated carbocycles. The van der Waals surface area contributed by atoms with E-state index >= 15 is 0 Å². The first-order valence-corrected chi connectivity index (χ1v) is 8.01. The van der Waals surface area contributed by atoms with Crippen molar-refractivity contribution in [3.8, 4) is 5.75 Å². The second kappa shape index (κ2) is 7.42. The number of benzene rings is 1. The maximum absolute atomic E-state index is 12.3. The molecule has 0 aliphatic rings. The smallest absolute Gasteiger partial charge is 0.265 e. The number of nitrogens with one attached hydrogen (secondary N) is 1. The van der Waals surface area contributed by atoms with Gasteiger partial charge in [-0.3, -0.25) is 4.79 Å². The van der Waals surface area contributed by atoms with Crippen molar-refractivity contribution in [2.24, 2.45) is 0 Å². The van der Waals surface area contributed by atoms with Crippen molar-refractivity contribution in [3.63, 3.8) is 0 Å². The number of amides is 1. The number of aliphatic hydroxyl groups is 1. The van der Waals surface area contributed by atoms with Gasteiger partial charge in [0, 0.05) is 10.9 Å². The van der Waals surface area contributed by atoms with Crippen molar-refractivity contribution in [3.05, 3.63) is 51.7 Å². The van der Waals surface area contributed by atoms with Gasteiger partial charge in [-0.15, -0.1) is 11.3 Å². The van der Waals surface area contributed by atoms with Gasteiger partial charge in [0.25, 0.3) is 5.91 Å². The Morgan fingerprint density at radius 2 is 2.05 bits per heavy atom. The second-order valence-corrected chi connectivity index (χ2v) is 6.55. The number of ether oxygens (including phenoxy) is 1. The Morgan fingerprint density at radius 1 is 1.36 bits per heavy atom. The van der Waals surface area contributed by atoms with Crippen LogP contribution in [0.5, 0.6) is 5.75 Å². The number of hydrogen-bond donors (Lipinski definition) is 2. The second-order valence-electron chi connectivity index (χ2n) is 5.29. The quantitative estimate of drug-likeness (QED) is 0.859. The standard InChI is InChI=1S/C17H21NO3S/c1-11(9-14(19)13-7-5-4-6-8-13)18-17(20)16-15(21-3)10-12(2)22-16/h4-8,10-11,14,19H,9H2,1-3H3,(H,18,20). The molecule has 0 aliphatic carbocycles. The summed E-state index contributed by atoms with van der Waals surface area (Å²) in [4.78, 5) is 13.9. The van der Waals surface area contributed by atoms with Crippen LogP contribution in [0.2, 0.25) is 0 Å². The number of aryl methyl sites for hydroxylation is 1. The molecular formula is C17H21NO3S. The first-order valence-electron chi connectivity index (χ1n) is 7.19. The van der Waals surface area contributed by atoms with Crippen molar-refractivity contribution >= 4 is 17.2 Å². The molecule has 2 aromatic rings. The summed E-state index contributed by atoms with van der Waals surface area (Å²) in [5.74, 6) is 0.429. The van der Waals surface area contributed by atoms with E-state index in [2.05, 4.69) is 5.32 Å². The first kappa shape index (κ1) is 16.5. The van der Waals surface area contributed by atoms with Crippen LogP contribution in [0.3, 0.4) is 0 Å². The van der Waals surface area contributed by atoms with E-state index in [1.54, 1.807) is 7.11 Å². The molecular weight excluding hydrogens is 298 g/mol. The molecule has 0 radical (unpaired) electrons. The van der Waals surface area contributed by atoms with Crippen LogP contribution in [-0.2, 0) is 0 Å². The Morgan fingerprint density at radius 3 is 2.68 bits per heavy atom. The van der Waals surface area contributed by atoms with E-state index in [1.165, 1.54) is 11.3 Å². The van der Waals surface area contributed by atoms with Gasteiger partial charge in [-0.05, 0) is 31.9 Å². The number of carbonyl (C=O) groups is 1. The summed E-state index contributed by atoms with van der Waals surface area (Å²) >= 11 is 1.40. The lowest BCUT2D eigenvalue weighted by atomic mass is 10.0. The molecule has 1 heterocycles. The number of thiophene rings is 1. The van der Waals surface area contributed by atoms with Crippen molar-refractivity contribution in [1.29, 1.82) is 0 Å². The van der Waals surface area contributed by atoms with Crippen LogP contribution in [0.4, 0.5) is 0 Å². The molecule has 4 nitrogen and oxygen atoms in total. The van der Waals surface area contributed by atoms with E-state index < -0.39 is 6.10 Å². The monoisotopic (exact) mass is 319 g/mol. The molecule has 0 aliphatic heterocycles. The zero-order chi connectivity index (χ0) is 16.1. The third-order valence-corrected chi connectivity index (χ3v) is 4.42. The fourth-order valence-corrected chi connectivity index (χ4v) is 3.18. The third kappa shape index (κ3) is 4.08. The fourth-order valence-electron chi connectivity index (χ4n) is 2.30. The van der Waals surface area contributed by atoms with Gasteiger partial charge in [0.1, 0.15) is 10.6 Å². The molecule has 1 amide bonds. The molecule has 0 bridgehead atoms. The van der Waals surface area contributed by atoms with Crippen molar-refractivity contribution in [2.45, 2.75) is 32.4 Å². The van der Waals surface area contributed by atoms with E-state index in [-0.39, 0.29) is 11.9 Å². The van der Waals surface area contributed by atoms with Crippen LogP contribution in [0, 0.1) is 6.92 Å². The number of hydrogen-bond acceptors (Lipinski definition) is 4. The summed E-state index contributed by atoms with van der Waals surface area (Å²) in [6.45, 7) is 3.82. The lowest BCUT2D eigenvalue weighted by Crippen LogP contribution is -2.33. The van der Waals surface area contributed by atoms with E-state index in [4.69, 9.17) is 4.74 Å². The summed E-state index contributed by atoms with van der Waals surface area (Å²) in [6, 6.07) is 11.2. The van der Waals surface area contributed by atoms with Gasteiger partial charge < -0.3 is 15.2 Å². The highest BCUT2D eigenvalue weighted by atomic mass is 32.1. The molecule has 118 valence electrons. The van der Waals surface area contributed by atoms with Crippen LogP contribution >= 0.6 is 11.3 Å². The van der Waals surface area contributed by atoms with E-state index in [9.17, 15) is 9.90 Å². The van der Waals surface area contributed by atoms with Crippen LogP contribution in [-0.4, -0.2) is 24.2 Å². The lowest BCUT2D eigenvalue weighted by Gasteiger charge is -2.18. The van der Waals surface area contributed by atoms with Crippen LogP contribution in [0.1, 0.15) is 39.6 Å². The minimum absolute atomic E-state index is 0.144. The van der Waals surface area contributed by atoms with Gasteiger partial charge in [0.05, 0.1) is 13.2 Å². The summed E-state index contributed by atoms with van der Waals surface area (Å²) in [6.07, 6.45) is -0.133. The molecule has 2 unspecified atom stereocenters. The van der Waals surface area contributed by atoms with Gasteiger partial charge in [-0.2, -0.15) is 0 Å². The fraction of sp³-hybridized carbons (Fsp3) is 0.353. The highest BCUT2D eigenvalue weighted by Crippen LogP contribution is 2.28. The van der Waals surface area contributed by atoms with E-state index in [0.29, 0.717) is 17.0 Å². The highest BCUT2D eigenvalue weighted by Gasteiger charge is 2.19. The largest absolute Gasteiger partial charge is 0.495 e. The zero-order valence-corrected chi connectivity index (χ0v) is 13.8. The Kier molecular flexibility index (Phi) is 5.57. The summed E-state index contributed by atoms with van der Waals surface area (Å²) in [7, 11) is 1.56. The summed E-state index contributed by atoms with van der Waals surface area (Å²) in [5, 5.41) is 13.1. The van der Waals surface area contributed by atoms with Crippen LogP contribution < -0.4 is 10.1 Å². The van der Waals surface area contributed by atoms with Crippen molar-refractivity contribution in [1.82, 2.24) is 5.32 Å². The first-order chi connectivity index (χ1) is 10.5. The molecule has 2 rings (SSSR count). The SMILES string of the molecule is COc1cc(C)sc1C(=O)NC(C)CC(O)c1ccccc1. The Bertz CT molecular complexity index is 624. The van der Waals surface area contributed by atoms with E-state index in [1.807, 2.05) is 50.2 Å². The Hall–Kier alpha value is -1.85. The average molecular weight is 319 g/mol. The normalized spacial score (nSPS) is 13.5. The minimum Gasteiger partial charge on any atom is -0.495 e. The van der Waals surface area contributed by atoms with Crippen molar-refractivity contribution in [2.75, 3.05) is 7.11 Å². The summed E-state index contributed by atoms with van der Waals surface area (Å²) < 4.78 is 5.22. The van der Waals surface area contributed by atoms with Gasteiger partial charge in [-0.25, -0.2) is 0 Å². The predicted octanol–water partition coefficient (Wildman–Crippen LogP) is 3.31. The Balaban J connectivity index is 1.96. The number of aliphatic hydroxyl groups excluding tert-OH is 1. The van der Waals surface area contributed by atoms with Crippen LogP contribution in [0.25, 0.3) is 0 Å². The number of carbonyl (C=O) groups excluding carboxylic acids is 1. The van der Waals surface area contributed by atoms with Gasteiger partial charge in [0.15, 0.2) is 0 Å². The average Bonchev–Trinajstić information content (AvgIpc) is 2.89. The zero-order valence-electron chi connectivity index (χ0n) is 13.0. The van der Waals surface area contributed by atoms with Gasteiger partial charge in [0.2, 0.25) is 0 Å². The predicted molar refractivity (Wildman–Crippen MR) is 88.6 cm³/mol. The minimum atomic E-state index is -0.594. The molecule has 5 heteroatoms. The topological polar surface area (TPSA) is 58.6 Å². The van der Waals surface area contributed by atoms with Crippen molar-refractivity contribution < 1.29 is 14.6 Å². The van der Waals surface area contributed by atoms with Gasteiger partial charge in [-0.1, -0.05) is 30.3 Å². The number of methoxy groups -OCH3 is 1. The third-order valence-electron chi connectivity index (χ3n) is 3.39. The molecule has 22 heavy (non-hydrogen) atoms. The molecule has 2 atom stereocenters. The molecule has 0 fully saturated rings. The number of rotatable bonds is 6.